The molecule has 0 aliphatic heterocycles. The highest BCUT2D eigenvalue weighted by molar-refractivity contribution is 7.37. The number of aliphatic imine (C=N–C) groups is 1. The van der Waals surface area contributed by atoms with E-state index in [4.69, 9.17) is 16.3 Å². The number of benzene rings is 2. The monoisotopic (exact) mass is 503 g/mol. The Labute approximate surface area is 206 Å². The van der Waals surface area contributed by atoms with Crippen LogP contribution in [0, 0.1) is 17.6 Å². The van der Waals surface area contributed by atoms with Crippen LogP contribution in [0.3, 0.4) is 0 Å². The maximum Gasteiger partial charge on any atom is 0.134 e. The lowest BCUT2D eigenvalue weighted by Crippen LogP contribution is -2.08. The molecule has 1 unspecified atom stereocenters. The second-order valence-electron chi connectivity index (χ2n) is 8.23. The third kappa shape index (κ3) is 6.31. The molecule has 3 aromatic rings. The summed E-state index contributed by atoms with van der Waals surface area (Å²) in [6.45, 7) is 12.3. The van der Waals surface area contributed by atoms with Crippen molar-refractivity contribution in [2.24, 2.45) is 10.9 Å². The van der Waals surface area contributed by atoms with Crippen molar-refractivity contribution >= 4 is 36.8 Å². The largest absolute Gasteiger partial charge is 0.493 e. The van der Waals surface area contributed by atoms with Crippen molar-refractivity contribution < 1.29 is 13.5 Å². The Morgan fingerprint density at radius 1 is 1.26 bits per heavy atom. The first-order chi connectivity index (χ1) is 16.2. The van der Waals surface area contributed by atoms with Gasteiger partial charge < -0.3 is 4.74 Å². The van der Waals surface area contributed by atoms with Gasteiger partial charge in [-0.25, -0.2) is 13.8 Å². The molecular formula is C26H29ClF2N3OP. The van der Waals surface area contributed by atoms with E-state index in [1.54, 1.807) is 17.7 Å². The van der Waals surface area contributed by atoms with Crippen molar-refractivity contribution in [1.82, 2.24) is 9.78 Å². The maximum absolute atomic E-state index is 14.8. The van der Waals surface area contributed by atoms with Crippen molar-refractivity contribution in [1.29, 1.82) is 0 Å². The summed E-state index contributed by atoms with van der Waals surface area (Å²) in [4.78, 5) is 4.46. The van der Waals surface area contributed by atoms with Crippen molar-refractivity contribution in [3.05, 3.63) is 82.7 Å². The number of ether oxygens (including phenoxy) is 1. The fraction of sp³-hybridized carbons (Fsp3) is 0.308. The van der Waals surface area contributed by atoms with E-state index in [2.05, 4.69) is 23.3 Å². The molecule has 2 aromatic carbocycles. The van der Waals surface area contributed by atoms with Gasteiger partial charge in [-0.2, -0.15) is 5.10 Å². The first kappa shape index (κ1) is 26.1. The zero-order valence-corrected chi connectivity index (χ0v) is 21.6. The summed E-state index contributed by atoms with van der Waals surface area (Å²) in [5, 5.41) is 5.75. The molecule has 180 valence electrons. The molecule has 0 aliphatic rings. The molecule has 1 aromatic heterocycles. The zero-order valence-electron chi connectivity index (χ0n) is 19.8. The van der Waals surface area contributed by atoms with Gasteiger partial charge in [0.15, 0.2) is 0 Å². The van der Waals surface area contributed by atoms with Crippen molar-refractivity contribution in [2.75, 3.05) is 19.4 Å². The van der Waals surface area contributed by atoms with Gasteiger partial charge in [-0.05, 0) is 43.4 Å². The summed E-state index contributed by atoms with van der Waals surface area (Å²) in [7, 11) is 0.719. The molecule has 0 spiro atoms. The van der Waals surface area contributed by atoms with Crippen LogP contribution >= 0.6 is 20.2 Å². The number of rotatable bonds is 10. The fourth-order valence-corrected chi connectivity index (χ4v) is 3.89. The zero-order chi connectivity index (χ0) is 24.8. The number of halogens is 3. The lowest BCUT2D eigenvalue weighted by Gasteiger charge is -2.10. The molecule has 34 heavy (non-hydrogen) atoms. The molecule has 0 amide bonds. The molecule has 8 heteroatoms. The summed E-state index contributed by atoms with van der Waals surface area (Å²) in [5.41, 5.74) is 2.71. The van der Waals surface area contributed by atoms with E-state index < -0.39 is 11.6 Å². The van der Waals surface area contributed by atoms with E-state index in [-0.39, 0.29) is 23.8 Å². The minimum absolute atomic E-state index is 0.0736. The molecule has 3 rings (SSSR count). The molecule has 0 saturated heterocycles. The second kappa shape index (κ2) is 11.7. The van der Waals surface area contributed by atoms with E-state index in [1.165, 1.54) is 12.1 Å². The Morgan fingerprint density at radius 3 is 2.59 bits per heavy atom. The van der Waals surface area contributed by atoms with Crippen LogP contribution in [0.15, 0.2) is 64.8 Å². The molecule has 0 saturated carbocycles. The third-order valence-corrected chi connectivity index (χ3v) is 6.26. The van der Waals surface area contributed by atoms with Gasteiger partial charge in [0.1, 0.15) is 28.2 Å². The van der Waals surface area contributed by atoms with Crippen molar-refractivity contribution in [3.8, 4) is 5.75 Å². The Kier molecular flexibility index (Phi) is 8.98. The molecule has 4 nitrogen and oxygen atoms in total. The summed E-state index contributed by atoms with van der Waals surface area (Å²) >= 11 is 6.32. The van der Waals surface area contributed by atoms with Gasteiger partial charge in [0.25, 0.3) is 0 Å². The Morgan fingerprint density at radius 2 is 1.94 bits per heavy atom. The van der Waals surface area contributed by atoms with Gasteiger partial charge in [0.2, 0.25) is 0 Å². The average Bonchev–Trinajstić information content (AvgIpc) is 3.15. The Bertz CT molecular complexity index is 1230. The summed E-state index contributed by atoms with van der Waals surface area (Å²) < 4.78 is 36.7. The highest BCUT2D eigenvalue weighted by atomic mass is 35.5. The molecule has 0 N–H and O–H groups in total. The van der Waals surface area contributed by atoms with E-state index in [0.29, 0.717) is 23.2 Å². The highest BCUT2D eigenvalue weighted by Gasteiger charge is 2.18. The summed E-state index contributed by atoms with van der Waals surface area (Å²) in [6.07, 6.45) is 2.57. The molecule has 1 heterocycles. The van der Waals surface area contributed by atoms with Crippen LogP contribution in [0.2, 0.25) is 0 Å². The minimum Gasteiger partial charge on any atom is -0.493 e. The summed E-state index contributed by atoms with van der Waals surface area (Å²) in [6, 6.07) is 9.94. The lowest BCUT2D eigenvalue weighted by atomic mass is 10.1. The normalized spacial score (nSPS) is 12.9. The smallest absolute Gasteiger partial charge is 0.134 e. The topological polar surface area (TPSA) is 39.4 Å². The van der Waals surface area contributed by atoms with E-state index >= 15 is 0 Å². The number of fused-ring (bicyclic) bond motifs is 1. The number of aromatic nitrogens is 2. The van der Waals surface area contributed by atoms with Gasteiger partial charge >= 0.3 is 0 Å². The number of hydrogen-bond acceptors (Lipinski definition) is 3. The van der Waals surface area contributed by atoms with Crippen LogP contribution in [0.1, 0.15) is 32.0 Å². The highest BCUT2D eigenvalue weighted by Crippen LogP contribution is 2.26. The molecule has 0 radical (unpaired) electrons. The van der Waals surface area contributed by atoms with Crippen molar-refractivity contribution in [3.63, 3.8) is 0 Å². The van der Waals surface area contributed by atoms with Crippen LogP contribution in [-0.2, 0) is 6.54 Å². The Hall–Kier alpha value is -2.56. The van der Waals surface area contributed by atoms with E-state index in [9.17, 15) is 8.78 Å². The van der Waals surface area contributed by atoms with Gasteiger partial charge in [-0.1, -0.05) is 50.2 Å². The lowest BCUT2D eigenvalue weighted by molar-refractivity contribution is 0.338. The first-order valence-corrected chi connectivity index (χ1v) is 13.1. The molecule has 0 bridgehead atoms. The van der Waals surface area contributed by atoms with Crippen LogP contribution in [0.4, 0.5) is 8.78 Å². The number of para-hydroxylation sites is 1. The van der Waals surface area contributed by atoms with Gasteiger partial charge in [0, 0.05) is 23.1 Å². The first-order valence-electron chi connectivity index (χ1n) is 11.0. The SMILES string of the molecule is C=C(/C=C(Cl)\N=C(/C)c1nn(Cc2c(F)cc(OCCPC)cc2F)c2ccccc12)C(C)C. The van der Waals surface area contributed by atoms with Crippen molar-refractivity contribution in [2.45, 2.75) is 27.3 Å². The quantitative estimate of drug-likeness (QED) is 0.0968. The maximum atomic E-state index is 14.8. The van der Waals surface area contributed by atoms with Crippen LogP contribution in [0.25, 0.3) is 10.9 Å². The third-order valence-electron chi connectivity index (χ3n) is 5.36. The molecule has 1 atom stereocenters. The standard InChI is InChI=1S/C26H29ClF2N3OP/c1-16(2)17(3)12-25(27)30-18(4)26-20-8-6-7-9-24(20)32(31-26)15-21-22(28)13-19(14-23(21)29)33-10-11-34-5/h6-9,12-14,16,34H,3,10-11,15H2,1-2,4-5H3/b25-12-,30-18+. The summed E-state index contributed by atoms with van der Waals surface area (Å²) in [5.74, 6) is -0.898. The number of allylic oxidation sites excluding steroid dienone is 2. The molecular weight excluding hydrogens is 475 g/mol. The predicted octanol–water partition coefficient (Wildman–Crippen LogP) is 7.15. The fourth-order valence-electron chi connectivity index (χ4n) is 3.32. The number of nitrogens with zero attached hydrogens (tertiary/aromatic N) is 3. The van der Waals surface area contributed by atoms with E-state index in [1.807, 2.05) is 38.1 Å². The molecule has 0 fully saturated rings. The van der Waals surface area contributed by atoms with Gasteiger partial charge in [-0.3, -0.25) is 4.68 Å². The Balaban J connectivity index is 1.95. The van der Waals surface area contributed by atoms with Crippen LogP contribution in [0.5, 0.6) is 5.75 Å². The second-order valence-corrected chi connectivity index (χ2v) is 9.83. The van der Waals surface area contributed by atoms with Gasteiger partial charge in [0.05, 0.1) is 24.4 Å². The number of hydrogen-bond donors (Lipinski definition) is 0. The van der Waals surface area contributed by atoms with Crippen LogP contribution < -0.4 is 4.74 Å². The average molecular weight is 504 g/mol. The minimum atomic E-state index is -0.668. The predicted molar refractivity (Wildman–Crippen MR) is 140 cm³/mol. The van der Waals surface area contributed by atoms with Gasteiger partial charge in [-0.15, -0.1) is 8.58 Å². The van der Waals surface area contributed by atoms with E-state index in [0.717, 1.165) is 31.2 Å². The molecule has 0 aliphatic carbocycles. The van der Waals surface area contributed by atoms with Crippen LogP contribution in [-0.4, -0.2) is 34.9 Å².